The van der Waals surface area contributed by atoms with E-state index in [0.29, 0.717) is 0 Å². The van der Waals surface area contributed by atoms with Gasteiger partial charge in [-0.05, 0) is 12.8 Å². The van der Waals surface area contributed by atoms with E-state index in [4.69, 9.17) is 0 Å². The molecule has 0 radical (unpaired) electrons. The fourth-order valence-electron chi connectivity index (χ4n) is 0.863. The summed E-state index contributed by atoms with van der Waals surface area (Å²) in [6, 6.07) is 0.726. The Kier molecular flexibility index (Phi) is 1.72. The molecule has 5 heteroatoms. The van der Waals surface area contributed by atoms with Gasteiger partial charge in [-0.25, -0.2) is 0 Å². The van der Waals surface area contributed by atoms with Crippen LogP contribution in [0.4, 0.5) is 0 Å². The van der Waals surface area contributed by atoms with Crippen molar-refractivity contribution >= 4 is 0 Å². The highest BCUT2D eigenvalue weighted by Gasteiger charge is 2.20. The maximum absolute atomic E-state index is 3.63. The Morgan fingerprint density at radius 3 is 3.18 bits per heavy atom. The van der Waals surface area contributed by atoms with E-state index in [9.17, 15) is 0 Å². The molecule has 0 bridgehead atoms. The van der Waals surface area contributed by atoms with Crippen molar-refractivity contribution in [1.29, 1.82) is 0 Å². The molecule has 0 aromatic rings. The van der Waals surface area contributed by atoms with Gasteiger partial charge in [-0.1, -0.05) is 5.22 Å². The molecule has 1 saturated carbocycles. The van der Waals surface area contributed by atoms with Gasteiger partial charge in [-0.2, -0.15) is 5.53 Å². The van der Waals surface area contributed by atoms with Crippen LogP contribution in [-0.4, -0.2) is 17.7 Å². The lowest BCUT2D eigenvalue weighted by atomic mass is 10.7. The van der Waals surface area contributed by atoms with Gasteiger partial charge in [0.15, 0.2) is 0 Å². The van der Waals surface area contributed by atoms with Crippen molar-refractivity contribution < 1.29 is 0 Å². The standard InChI is InChI=1S/C6H11N5/c1-2-6(1)7-5-11-4-3-8-9-10-11/h3-4,6-7H,1-2,5H2,(H,8,10). The number of hydrogen-bond donors (Lipinski definition) is 2. The van der Waals surface area contributed by atoms with Gasteiger partial charge in [0.2, 0.25) is 0 Å². The van der Waals surface area contributed by atoms with Gasteiger partial charge in [-0.3, -0.25) is 10.3 Å². The second-order valence-electron chi connectivity index (χ2n) is 2.72. The van der Waals surface area contributed by atoms with Crippen LogP contribution in [0.2, 0.25) is 0 Å². The lowest BCUT2D eigenvalue weighted by Gasteiger charge is -2.19. The second-order valence-corrected chi connectivity index (χ2v) is 2.72. The van der Waals surface area contributed by atoms with Crippen molar-refractivity contribution in [3.8, 4) is 0 Å². The molecule has 0 aromatic carbocycles. The van der Waals surface area contributed by atoms with Crippen LogP contribution in [-0.2, 0) is 0 Å². The molecule has 0 atom stereocenters. The van der Waals surface area contributed by atoms with Gasteiger partial charge in [-0.15, -0.1) is 5.11 Å². The third-order valence-corrected chi connectivity index (χ3v) is 1.67. The predicted octanol–water partition coefficient (Wildman–Crippen LogP) is 0.354. The Hall–Kier alpha value is -1.10. The summed E-state index contributed by atoms with van der Waals surface area (Å²) in [5, 5.41) is 12.5. The largest absolute Gasteiger partial charge is 0.295 e. The fraction of sp³-hybridized carbons (Fsp3) is 0.667. The van der Waals surface area contributed by atoms with Crippen molar-refractivity contribution in [3.63, 3.8) is 0 Å². The molecular formula is C6H11N5. The number of nitrogens with one attached hydrogen (secondary N) is 2. The summed E-state index contributed by atoms with van der Waals surface area (Å²) in [5.41, 5.74) is 2.74. The van der Waals surface area contributed by atoms with Crippen LogP contribution in [0.15, 0.2) is 22.7 Å². The average Bonchev–Trinajstić information content (AvgIpc) is 2.86. The lowest BCUT2D eigenvalue weighted by molar-refractivity contribution is 0.238. The minimum atomic E-state index is 0.726. The molecule has 2 aliphatic rings. The molecule has 0 amide bonds. The minimum Gasteiger partial charge on any atom is -0.295 e. The van der Waals surface area contributed by atoms with E-state index in [1.807, 2.05) is 11.2 Å². The predicted molar refractivity (Wildman–Crippen MR) is 40.0 cm³/mol. The van der Waals surface area contributed by atoms with Gasteiger partial charge >= 0.3 is 0 Å². The molecule has 0 aromatic heterocycles. The highest BCUT2D eigenvalue weighted by molar-refractivity contribution is 4.83. The van der Waals surface area contributed by atoms with Crippen LogP contribution in [0.1, 0.15) is 12.8 Å². The number of rotatable bonds is 3. The van der Waals surface area contributed by atoms with Gasteiger partial charge in [0.1, 0.15) is 0 Å². The Balaban J connectivity index is 1.69. The van der Waals surface area contributed by atoms with Crippen molar-refractivity contribution in [2.75, 3.05) is 6.67 Å². The summed E-state index contributed by atoms with van der Waals surface area (Å²) in [6.45, 7) is 0.792. The first-order valence-corrected chi connectivity index (χ1v) is 3.77. The Morgan fingerprint density at radius 2 is 2.55 bits per heavy atom. The number of nitrogens with zero attached hydrogens (tertiary/aromatic N) is 3. The summed E-state index contributed by atoms with van der Waals surface area (Å²) >= 11 is 0. The summed E-state index contributed by atoms with van der Waals surface area (Å²) in [7, 11) is 0. The van der Waals surface area contributed by atoms with Crippen molar-refractivity contribution in [2.24, 2.45) is 10.3 Å². The lowest BCUT2D eigenvalue weighted by Crippen LogP contribution is -2.39. The van der Waals surface area contributed by atoms with Crippen LogP contribution in [0.5, 0.6) is 0 Å². The van der Waals surface area contributed by atoms with Crippen LogP contribution >= 0.6 is 0 Å². The van der Waals surface area contributed by atoms with Crippen LogP contribution in [0.3, 0.4) is 0 Å². The zero-order valence-corrected chi connectivity index (χ0v) is 6.20. The van der Waals surface area contributed by atoms with Crippen molar-refractivity contribution in [2.45, 2.75) is 18.9 Å². The van der Waals surface area contributed by atoms with E-state index in [-0.39, 0.29) is 0 Å². The first-order valence-electron chi connectivity index (χ1n) is 3.77. The van der Waals surface area contributed by atoms with Crippen molar-refractivity contribution in [3.05, 3.63) is 12.4 Å². The molecule has 0 saturated heterocycles. The first kappa shape index (κ1) is 6.60. The van der Waals surface area contributed by atoms with Gasteiger partial charge in [0.05, 0.1) is 12.9 Å². The van der Waals surface area contributed by atoms with Gasteiger partial charge < -0.3 is 0 Å². The molecule has 60 valence electrons. The second kappa shape index (κ2) is 2.87. The number of hydrogen-bond acceptors (Lipinski definition) is 5. The maximum atomic E-state index is 3.63. The van der Waals surface area contributed by atoms with E-state index in [1.54, 1.807) is 6.20 Å². The smallest absolute Gasteiger partial charge is 0.0900 e. The molecule has 0 unspecified atom stereocenters. The van der Waals surface area contributed by atoms with Gasteiger partial charge in [0.25, 0.3) is 0 Å². The van der Waals surface area contributed by atoms with E-state index in [0.717, 1.165) is 12.7 Å². The van der Waals surface area contributed by atoms with E-state index in [1.165, 1.54) is 12.8 Å². The molecule has 2 rings (SSSR count). The molecular weight excluding hydrogens is 142 g/mol. The minimum absolute atomic E-state index is 0.726. The maximum Gasteiger partial charge on any atom is 0.0900 e. The zero-order chi connectivity index (χ0) is 7.52. The third kappa shape index (κ3) is 1.91. The monoisotopic (exact) mass is 153 g/mol. The molecule has 1 aliphatic carbocycles. The summed E-state index contributed by atoms with van der Waals surface area (Å²) in [5.74, 6) is 0. The SMILES string of the molecule is C1=CN(CNC2CC2)NN=N1. The molecule has 0 spiro atoms. The summed E-state index contributed by atoms with van der Waals surface area (Å²) in [6.07, 6.45) is 6.12. The van der Waals surface area contributed by atoms with Crippen LogP contribution < -0.4 is 10.9 Å². The first-order chi connectivity index (χ1) is 5.45. The molecule has 2 N–H and O–H groups in total. The summed E-state index contributed by atoms with van der Waals surface area (Å²) in [4.78, 5) is 0. The Morgan fingerprint density at radius 1 is 1.64 bits per heavy atom. The van der Waals surface area contributed by atoms with Crippen molar-refractivity contribution in [1.82, 2.24) is 15.9 Å². The van der Waals surface area contributed by atoms with E-state index in [2.05, 4.69) is 21.2 Å². The molecule has 1 heterocycles. The summed E-state index contributed by atoms with van der Waals surface area (Å²) < 4.78 is 0. The molecule has 1 aliphatic heterocycles. The molecule has 5 nitrogen and oxygen atoms in total. The number of hydrazine groups is 1. The normalized spacial score (nSPS) is 22.0. The van der Waals surface area contributed by atoms with E-state index < -0.39 is 0 Å². The van der Waals surface area contributed by atoms with Crippen LogP contribution in [0, 0.1) is 0 Å². The highest BCUT2D eigenvalue weighted by Crippen LogP contribution is 2.18. The molecule has 1 fully saturated rings. The fourth-order valence-corrected chi connectivity index (χ4v) is 0.863. The van der Waals surface area contributed by atoms with E-state index >= 15 is 0 Å². The Bertz CT molecular complexity index is 183. The highest BCUT2D eigenvalue weighted by atomic mass is 15.7. The third-order valence-electron chi connectivity index (χ3n) is 1.67. The zero-order valence-electron chi connectivity index (χ0n) is 6.20. The Labute approximate surface area is 65.1 Å². The quantitative estimate of drug-likeness (QED) is 0.615. The molecule has 11 heavy (non-hydrogen) atoms. The average molecular weight is 153 g/mol. The van der Waals surface area contributed by atoms with Gasteiger partial charge in [0, 0.05) is 12.2 Å². The van der Waals surface area contributed by atoms with Crippen LogP contribution in [0.25, 0.3) is 0 Å². The topological polar surface area (TPSA) is 52.0 Å².